The molecule has 0 N–H and O–H groups in total. The molecule has 4 atom stereocenters. The highest BCUT2D eigenvalue weighted by atomic mass is 19.3. The number of carbonyl (C=O) groups excluding carboxylic acids is 3. The van der Waals surface area contributed by atoms with Crippen molar-refractivity contribution in [3.63, 3.8) is 0 Å². The second-order valence-electron chi connectivity index (χ2n) is 7.46. The van der Waals surface area contributed by atoms with Gasteiger partial charge in [-0.2, -0.15) is 30.7 Å². The van der Waals surface area contributed by atoms with Crippen LogP contribution in [0.1, 0.15) is 12.8 Å². The average molecular weight is 530 g/mol. The fourth-order valence-corrected chi connectivity index (χ4v) is 4.00. The van der Waals surface area contributed by atoms with E-state index in [0.717, 1.165) is 0 Å². The van der Waals surface area contributed by atoms with Crippen molar-refractivity contribution in [1.82, 2.24) is 0 Å². The first-order valence-corrected chi connectivity index (χ1v) is 8.97. The molecule has 0 heterocycles. The van der Waals surface area contributed by atoms with Gasteiger partial charge in [0.2, 0.25) is 5.67 Å². The van der Waals surface area contributed by atoms with Gasteiger partial charge in [-0.05, 0) is 0 Å². The monoisotopic (exact) mass is 530 g/mol. The largest absolute Gasteiger partial charge is 0.449 e. The molecule has 2 aliphatic rings. The Bertz CT molecular complexity index is 944. The highest BCUT2D eigenvalue weighted by Crippen LogP contribution is 2.74. The Hall–Kier alpha value is -3.07. The summed E-state index contributed by atoms with van der Waals surface area (Å²) in [6.07, 6.45) is -5.38. The lowest BCUT2D eigenvalue weighted by atomic mass is 9.53. The van der Waals surface area contributed by atoms with E-state index in [1.54, 1.807) is 0 Å². The summed E-state index contributed by atoms with van der Waals surface area (Å²) < 4.78 is 149. The van der Waals surface area contributed by atoms with Crippen molar-refractivity contribution in [3.8, 4) is 0 Å². The molecule has 2 fully saturated rings. The lowest BCUT2D eigenvalue weighted by Gasteiger charge is -2.64. The molecule has 0 radical (unpaired) electrons. The number of carbonyl (C=O) groups is 3. The van der Waals surface area contributed by atoms with E-state index in [-0.39, 0.29) is 22.9 Å². The molecule has 6 nitrogen and oxygen atoms in total. The van der Waals surface area contributed by atoms with Gasteiger partial charge < -0.3 is 14.2 Å². The van der Waals surface area contributed by atoms with E-state index < -0.39 is 77.9 Å². The maximum absolute atomic E-state index is 15.7. The van der Waals surface area contributed by atoms with Gasteiger partial charge in [-0.25, -0.2) is 23.2 Å². The molecular formula is C19H16F10O6. The molecule has 0 aromatic rings. The number of alkyl halides is 9. The van der Waals surface area contributed by atoms with Crippen LogP contribution in [-0.4, -0.2) is 65.1 Å². The predicted molar refractivity (Wildman–Crippen MR) is 94.6 cm³/mol. The summed E-state index contributed by atoms with van der Waals surface area (Å²) in [5, 5.41) is 0. The van der Waals surface area contributed by atoms with Crippen LogP contribution in [0.3, 0.4) is 0 Å². The van der Waals surface area contributed by atoms with Crippen LogP contribution >= 0.6 is 0 Å². The van der Waals surface area contributed by atoms with Crippen LogP contribution in [0, 0.1) is 0 Å². The Morgan fingerprint density at radius 2 is 1.11 bits per heavy atom. The molecule has 0 aromatic heterocycles. The standard InChI is InChI=1S/C19H15F9O6.FH/c1-4-10(29)32-14-7-13(21,9-20)17(23,24)16(18(14,25)26,34-12(31)6-3)19(27,28)15(22,8-14)33-11(30)5-2;/h4-6H,1-3,7-9H2;1H. The Morgan fingerprint density at radius 3 is 1.54 bits per heavy atom. The van der Waals surface area contributed by atoms with Crippen molar-refractivity contribution in [2.24, 2.45) is 0 Å². The van der Waals surface area contributed by atoms with Crippen molar-refractivity contribution in [1.29, 1.82) is 0 Å². The minimum atomic E-state index is -6.50. The van der Waals surface area contributed by atoms with E-state index in [0.29, 0.717) is 0 Å². The van der Waals surface area contributed by atoms with Gasteiger partial charge in [0, 0.05) is 24.6 Å². The maximum atomic E-state index is 15.7. The third-order valence-corrected chi connectivity index (χ3v) is 5.53. The maximum Gasteiger partial charge on any atom is 0.367 e. The molecule has 198 valence electrons. The quantitative estimate of drug-likeness (QED) is 0.215. The summed E-state index contributed by atoms with van der Waals surface area (Å²) in [4.78, 5) is 34.9. The average Bonchev–Trinajstić information content (AvgIpc) is 2.74. The molecule has 0 spiro atoms. The SMILES string of the molecule is C=CC(=O)OC1(F)CC2(OC(=O)C=C)CC(F)(CF)C(F)(F)C(OC(=O)C=C)(C1(F)F)C2(F)F.F. The molecule has 35 heavy (non-hydrogen) atoms. The Labute approximate surface area is 189 Å². The first kappa shape index (κ1) is 30.0. The zero-order chi connectivity index (χ0) is 26.6. The van der Waals surface area contributed by atoms with Crippen LogP contribution < -0.4 is 0 Å². The fraction of sp³-hybridized carbons (Fsp3) is 0.526. The number of ether oxygens (including phenoxy) is 3. The van der Waals surface area contributed by atoms with Gasteiger partial charge in [0.05, 0.1) is 6.42 Å². The van der Waals surface area contributed by atoms with Crippen molar-refractivity contribution in [2.75, 3.05) is 6.67 Å². The third kappa shape index (κ3) is 3.43. The van der Waals surface area contributed by atoms with Crippen LogP contribution in [0.4, 0.5) is 44.2 Å². The molecule has 0 amide bonds. The Morgan fingerprint density at radius 1 is 0.686 bits per heavy atom. The smallest absolute Gasteiger partial charge is 0.367 e. The Balaban J connectivity index is 0.00000612. The molecule has 0 aromatic carbocycles. The zero-order valence-corrected chi connectivity index (χ0v) is 17.2. The summed E-state index contributed by atoms with van der Waals surface area (Å²) in [5.74, 6) is -30.8. The summed E-state index contributed by atoms with van der Waals surface area (Å²) >= 11 is 0. The molecule has 2 saturated carbocycles. The highest BCUT2D eigenvalue weighted by Gasteiger charge is 3.02. The summed E-state index contributed by atoms with van der Waals surface area (Å²) in [5.41, 5.74) is -15.7. The number of fused-ring (bicyclic) bond motifs is 2. The first-order chi connectivity index (χ1) is 15.3. The van der Waals surface area contributed by atoms with E-state index in [4.69, 9.17) is 0 Å². The van der Waals surface area contributed by atoms with Gasteiger partial charge in [0.15, 0.2) is 5.60 Å². The Kier molecular flexibility index (Phi) is 7.32. The normalized spacial score (nSPS) is 35.9. The topological polar surface area (TPSA) is 78.9 Å². The van der Waals surface area contributed by atoms with Crippen LogP contribution in [0.15, 0.2) is 38.0 Å². The van der Waals surface area contributed by atoms with Gasteiger partial charge in [-0.15, -0.1) is 0 Å². The van der Waals surface area contributed by atoms with E-state index in [2.05, 4.69) is 33.9 Å². The molecule has 4 unspecified atom stereocenters. The third-order valence-electron chi connectivity index (χ3n) is 5.53. The summed E-state index contributed by atoms with van der Waals surface area (Å²) in [7, 11) is 0. The second kappa shape index (κ2) is 8.55. The number of rotatable bonds is 7. The number of esters is 3. The van der Waals surface area contributed by atoms with E-state index in [1.165, 1.54) is 0 Å². The molecular weight excluding hydrogens is 514 g/mol. The van der Waals surface area contributed by atoms with Gasteiger partial charge in [-0.1, -0.05) is 19.7 Å². The lowest BCUT2D eigenvalue weighted by molar-refractivity contribution is -0.497. The summed E-state index contributed by atoms with van der Waals surface area (Å²) in [6, 6.07) is 0. The van der Waals surface area contributed by atoms with Crippen LogP contribution in [0.25, 0.3) is 0 Å². The van der Waals surface area contributed by atoms with Crippen LogP contribution in [0.2, 0.25) is 0 Å². The molecule has 0 saturated heterocycles. The van der Waals surface area contributed by atoms with Crippen LogP contribution in [0.5, 0.6) is 0 Å². The highest BCUT2D eigenvalue weighted by molar-refractivity contribution is 5.83. The van der Waals surface area contributed by atoms with Crippen molar-refractivity contribution < 1.29 is 72.8 Å². The molecule has 2 aliphatic carbocycles. The van der Waals surface area contributed by atoms with Gasteiger partial charge >= 0.3 is 47.1 Å². The zero-order valence-electron chi connectivity index (χ0n) is 17.2. The minimum Gasteiger partial charge on any atom is -0.449 e. The number of hydrogen-bond acceptors (Lipinski definition) is 6. The number of hydrogen-bond donors (Lipinski definition) is 0. The van der Waals surface area contributed by atoms with Crippen molar-refractivity contribution in [2.45, 2.75) is 53.3 Å². The minimum absolute atomic E-state index is 0. The van der Waals surface area contributed by atoms with E-state index >= 15 is 35.1 Å². The molecule has 0 aliphatic heterocycles. The number of halogens is 10. The molecule has 2 rings (SSSR count). The van der Waals surface area contributed by atoms with E-state index in [1.807, 2.05) is 0 Å². The molecule has 2 bridgehead atoms. The summed E-state index contributed by atoms with van der Waals surface area (Å²) in [6.45, 7) is 5.21. The van der Waals surface area contributed by atoms with Crippen molar-refractivity contribution >= 4 is 17.9 Å². The lowest BCUT2D eigenvalue weighted by Crippen LogP contribution is -2.92. The predicted octanol–water partition coefficient (Wildman–Crippen LogP) is 3.86. The second-order valence-corrected chi connectivity index (χ2v) is 7.46. The van der Waals surface area contributed by atoms with Gasteiger partial charge in [-0.3, -0.25) is 4.70 Å². The van der Waals surface area contributed by atoms with Crippen LogP contribution in [-0.2, 0) is 28.6 Å². The van der Waals surface area contributed by atoms with Gasteiger partial charge in [0.25, 0.3) is 0 Å². The van der Waals surface area contributed by atoms with Gasteiger partial charge in [0.1, 0.15) is 6.67 Å². The first-order valence-electron chi connectivity index (χ1n) is 8.97. The molecule has 16 heteroatoms. The van der Waals surface area contributed by atoms with E-state index in [9.17, 15) is 18.8 Å². The fourth-order valence-electron chi connectivity index (χ4n) is 4.00. The van der Waals surface area contributed by atoms with Crippen molar-refractivity contribution in [3.05, 3.63) is 38.0 Å².